The lowest BCUT2D eigenvalue weighted by atomic mass is 10.0. The Labute approximate surface area is 166 Å². The topological polar surface area (TPSA) is 76.7 Å². The fraction of sp³-hybridized carbons (Fsp3) is 0.263. The van der Waals surface area contributed by atoms with Gasteiger partial charge in [0.05, 0.1) is 16.6 Å². The minimum absolute atomic E-state index is 0.0296. The number of halogens is 2. The van der Waals surface area contributed by atoms with Gasteiger partial charge in [-0.1, -0.05) is 23.2 Å². The Kier molecular flexibility index (Phi) is 6.42. The van der Waals surface area contributed by atoms with Crippen LogP contribution in [0.4, 0.5) is 5.69 Å². The van der Waals surface area contributed by atoms with E-state index >= 15 is 0 Å². The van der Waals surface area contributed by atoms with Gasteiger partial charge < -0.3 is 20.1 Å². The van der Waals surface area contributed by atoms with Gasteiger partial charge in [-0.05, 0) is 42.3 Å². The fourth-order valence-electron chi connectivity index (χ4n) is 2.58. The molecule has 3 rings (SSSR count). The highest BCUT2D eigenvalue weighted by Crippen LogP contribution is 2.27. The van der Waals surface area contributed by atoms with Crippen LogP contribution in [0.1, 0.15) is 12.0 Å². The van der Waals surface area contributed by atoms with E-state index in [-0.39, 0.29) is 18.4 Å². The molecule has 1 heterocycles. The van der Waals surface area contributed by atoms with Crippen molar-refractivity contribution in [3.05, 3.63) is 52.0 Å². The van der Waals surface area contributed by atoms with E-state index < -0.39 is 0 Å². The van der Waals surface area contributed by atoms with Crippen molar-refractivity contribution in [3.8, 4) is 11.5 Å². The predicted octanol–water partition coefficient (Wildman–Crippen LogP) is 3.45. The molecule has 8 heteroatoms. The quantitative estimate of drug-likeness (QED) is 0.687. The van der Waals surface area contributed by atoms with Crippen LogP contribution in [0.25, 0.3) is 0 Å². The maximum atomic E-state index is 11.8. The summed E-state index contributed by atoms with van der Waals surface area (Å²) in [6.07, 6.45) is 1.17. The summed E-state index contributed by atoms with van der Waals surface area (Å²) in [5.74, 6) is 0.933. The zero-order valence-corrected chi connectivity index (χ0v) is 15.9. The van der Waals surface area contributed by atoms with E-state index in [2.05, 4.69) is 10.6 Å². The van der Waals surface area contributed by atoms with Crippen molar-refractivity contribution in [1.82, 2.24) is 5.32 Å². The van der Waals surface area contributed by atoms with E-state index in [1.54, 1.807) is 24.3 Å². The van der Waals surface area contributed by atoms with Gasteiger partial charge in [0.1, 0.15) is 18.1 Å². The molecule has 142 valence electrons. The van der Waals surface area contributed by atoms with Crippen LogP contribution in [0.15, 0.2) is 36.4 Å². The molecule has 0 aromatic heterocycles. The number of carbonyl (C=O) groups excluding carboxylic acids is 2. The fourth-order valence-corrected chi connectivity index (χ4v) is 2.86. The van der Waals surface area contributed by atoms with Crippen molar-refractivity contribution < 1.29 is 19.1 Å². The lowest BCUT2D eigenvalue weighted by molar-refractivity contribution is -0.123. The molecule has 0 saturated carbocycles. The Hall–Kier alpha value is -2.44. The molecule has 0 bridgehead atoms. The van der Waals surface area contributed by atoms with Crippen LogP contribution in [0.5, 0.6) is 11.5 Å². The SMILES string of the molecule is O=C(COc1ccc(Cl)c(Cl)c1)NCCOc1ccc2c(c1)CCC(=O)N2. The Morgan fingerprint density at radius 1 is 1.04 bits per heavy atom. The third kappa shape index (κ3) is 5.52. The first-order chi connectivity index (χ1) is 13.0. The molecule has 27 heavy (non-hydrogen) atoms. The summed E-state index contributed by atoms with van der Waals surface area (Å²) >= 11 is 11.7. The molecule has 2 aromatic rings. The molecule has 0 fully saturated rings. The van der Waals surface area contributed by atoms with E-state index in [9.17, 15) is 9.59 Å². The van der Waals surface area contributed by atoms with Gasteiger partial charge in [0.15, 0.2) is 6.61 Å². The molecule has 0 aliphatic carbocycles. The van der Waals surface area contributed by atoms with Gasteiger partial charge in [-0.2, -0.15) is 0 Å². The predicted molar refractivity (Wildman–Crippen MR) is 104 cm³/mol. The lowest BCUT2D eigenvalue weighted by Gasteiger charge is -2.17. The van der Waals surface area contributed by atoms with E-state index in [4.69, 9.17) is 32.7 Å². The van der Waals surface area contributed by atoms with Gasteiger partial charge in [-0.3, -0.25) is 9.59 Å². The van der Waals surface area contributed by atoms with Crippen LogP contribution in [-0.4, -0.2) is 31.6 Å². The molecule has 2 N–H and O–H groups in total. The van der Waals surface area contributed by atoms with Crippen LogP contribution < -0.4 is 20.1 Å². The standard InChI is InChI=1S/C19H18Cl2N2O4/c20-15-4-2-14(10-16(15)21)27-11-19(25)22-7-8-26-13-3-5-17-12(9-13)1-6-18(24)23-17/h2-5,9-10H,1,6-8,11H2,(H,22,25)(H,23,24). The number of nitrogens with one attached hydrogen (secondary N) is 2. The zero-order valence-electron chi connectivity index (χ0n) is 14.4. The van der Waals surface area contributed by atoms with Gasteiger partial charge in [-0.25, -0.2) is 0 Å². The van der Waals surface area contributed by atoms with Crippen LogP contribution >= 0.6 is 23.2 Å². The second kappa shape index (κ2) is 8.97. The van der Waals surface area contributed by atoms with Crippen molar-refractivity contribution in [2.24, 2.45) is 0 Å². The number of amides is 2. The molecule has 0 atom stereocenters. The molecule has 0 unspecified atom stereocenters. The molecular weight excluding hydrogens is 391 g/mol. The van der Waals surface area contributed by atoms with E-state index in [0.717, 1.165) is 11.3 Å². The third-order valence-corrected chi connectivity index (χ3v) is 4.67. The first kappa shape index (κ1) is 19.3. The van der Waals surface area contributed by atoms with E-state index in [1.165, 1.54) is 0 Å². The highest BCUT2D eigenvalue weighted by molar-refractivity contribution is 6.42. The molecule has 1 aliphatic heterocycles. The molecule has 2 aromatic carbocycles. The number of aryl methyl sites for hydroxylation is 1. The lowest BCUT2D eigenvalue weighted by Crippen LogP contribution is -2.32. The van der Waals surface area contributed by atoms with Gasteiger partial charge in [0, 0.05) is 18.2 Å². The second-order valence-electron chi connectivity index (χ2n) is 5.93. The third-order valence-electron chi connectivity index (χ3n) is 3.93. The Morgan fingerprint density at radius 2 is 1.81 bits per heavy atom. The van der Waals surface area contributed by atoms with Crippen molar-refractivity contribution in [2.45, 2.75) is 12.8 Å². The highest BCUT2D eigenvalue weighted by Gasteiger charge is 2.15. The van der Waals surface area contributed by atoms with Crippen molar-refractivity contribution in [1.29, 1.82) is 0 Å². The van der Waals surface area contributed by atoms with Crippen molar-refractivity contribution in [2.75, 3.05) is 25.1 Å². The number of anilines is 1. The summed E-state index contributed by atoms with van der Waals surface area (Å²) in [5, 5.41) is 6.33. The largest absolute Gasteiger partial charge is 0.492 e. The average molecular weight is 409 g/mol. The summed E-state index contributed by atoms with van der Waals surface area (Å²) < 4.78 is 11.0. The Balaban J connectivity index is 1.38. The number of rotatable bonds is 7. The maximum Gasteiger partial charge on any atom is 0.258 e. The molecule has 1 aliphatic rings. The first-order valence-corrected chi connectivity index (χ1v) is 9.17. The summed E-state index contributed by atoms with van der Waals surface area (Å²) in [5.41, 5.74) is 1.87. The van der Waals surface area contributed by atoms with E-state index in [1.807, 2.05) is 12.1 Å². The smallest absolute Gasteiger partial charge is 0.258 e. The molecule has 6 nitrogen and oxygen atoms in total. The molecular formula is C19H18Cl2N2O4. The second-order valence-corrected chi connectivity index (χ2v) is 6.74. The number of carbonyl (C=O) groups is 2. The molecule has 0 saturated heterocycles. The number of hydrogen-bond acceptors (Lipinski definition) is 4. The highest BCUT2D eigenvalue weighted by atomic mass is 35.5. The molecule has 0 spiro atoms. The summed E-state index contributed by atoms with van der Waals surface area (Å²) in [6.45, 7) is 0.539. The number of fused-ring (bicyclic) bond motifs is 1. The van der Waals surface area contributed by atoms with Crippen LogP contribution in [0.2, 0.25) is 10.0 Å². The number of hydrogen-bond donors (Lipinski definition) is 2. The summed E-state index contributed by atoms with van der Waals surface area (Å²) in [6, 6.07) is 10.3. The van der Waals surface area contributed by atoms with E-state index in [0.29, 0.717) is 47.5 Å². The summed E-state index contributed by atoms with van der Waals surface area (Å²) in [4.78, 5) is 23.2. The summed E-state index contributed by atoms with van der Waals surface area (Å²) in [7, 11) is 0. The average Bonchev–Trinajstić information content (AvgIpc) is 2.66. The Bertz CT molecular complexity index is 858. The van der Waals surface area contributed by atoms with Gasteiger partial charge in [0.2, 0.25) is 5.91 Å². The minimum atomic E-state index is -0.266. The zero-order chi connectivity index (χ0) is 19.2. The monoisotopic (exact) mass is 408 g/mol. The van der Waals surface area contributed by atoms with Crippen molar-refractivity contribution in [3.63, 3.8) is 0 Å². The maximum absolute atomic E-state index is 11.8. The van der Waals surface area contributed by atoms with Crippen LogP contribution in [0.3, 0.4) is 0 Å². The van der Waals surface area contributed by atoms with Gasteiger partial charge in [-0.15, -0.1) is 0 Å². The normalized spacial score (nSPS) is 12.7. The molecule has 2 amide bonds. The van der Waals surface area contributed by atoms with Gasteiger partial charge >= 0.3 is 0 Å². The van der Waals surface area contributed by atoms with Gasteiger partial charge in [0.25, 0.3) is 5.91 Å². The van der Waals surface area contributed by atoms with Crippen LogP contribution in [0, 0.1) is 0 Å². The molecule has 0 radical (unpaired) electrons. The number of ether oxygens (including phenoxy) is 2. The first-order valence-electron chi connectivity index (χ1n) is 8.41. The minimum Gasteiger partial charge on any atom is -0.492 e. The van der Waals surface area contributed by atoms with Crippen molar-refractivity contribution >= 4 is 40.7 Å². The Morgan fingerprint density at radius 3 is 2.63 bits per heavy atom. The number of benzene rings is 2. The van der Waals surface area contributed by atoms with Crippen LogP contribution in [-0.2, 0) is 16.0 Å².